The van der Waals surface area contributed by atoms with Gasteiger partial charge in [-0.05, 0) is 105 Å². The molecule has 0 aliphatic carbocycles. The van der Waals surface area contributed by atoms with Crippen LogP contribution in [0.3, 0.4) is 0 Å². The molecule has 1 unspecified atom stereocenters. The van der Waals surface area contributed by atoms with Crippen molar-refractivity contribution in [2.75, 3.05) is 0 Å². The zero-order valence-electron chi connectivity index (χ0n) is 33.2. The molecule has 8 heteroatoms. The summed E-state index contributed by atoms with van der Waals surface area (Å²) in [7, 11) is 0. The monoisotopic (exact) mass is 715 g/mol. The summed E-state index contributed by atoms with van der Waals surface area (Å²) in [5.41, 5.74) is 5.19. The Morgan fingerprint density at radius 3 is 2.29 bits per heavy atom. The van der Waals surface area contributed by atoms with Gasteiger partial charge in [-0.15, -0.1) is 0 Å². The fourth-order valence-electron chi connectivity index (χ4n) is 6.56. The smallest absolute Gasteiger partial charge is 0.331 e. The van der Waals surface area contributed by atoms with Gasteiger partial charge in [0.05, 0.1) is 24.4 Å². The Bertz CT molecular complexity index is 1250. The minimum atomic E-state index is -0.614. The van der Waals surface area contributed by atoms with E-state index in [0.717, 1.165) is 40.7 Å². The second-order valence-corrected chi connectivity index (χ2v) is 15.3. The van der Waals surface area contributed by atoms with Crippen LogP contribution in [-0.4, -0.2) is 69.0 Å². The molecule has 4 N–H and O–H groups in total. The second kappa shape index (κ2) is 24.5. The molecule has 0 bridgehead atoms. The predicted octanol–water partition coefficient (Wildman–Crippen LogP) is 8.40. The fraction of sp³-hybridized carbons (Fsp3) is 0.674. The van der Waals surface area contributed by atoms with Crippen LogP contribution in [0.25, 0.3) is 0 Å². The lowest BCUT2D eigenvalue weighted by Crippen LogP contribution is -2.28. The van der Waals surface area contributed by atoms with Crippen LogP contribution < -0.4 is 0 Å². The first kappa shape index (κ1) is 46.2. The molecule has 1 aliphatic heterocycles. The Labute approximate surface area is 309 Å². The average molecular weight is 715 g/mol. The van der Waals surface area contributed by atoms with Crippen LogP contribution in [-0.2, 0) is 19.1 Å². The summed E-state index contributed by atoms with van der Waals surface area (Å²) in [4.78, 5) is 25.9. The number of ether oxygens (including phenoxy) is 2. The number of allylic oxidation sites excluding steroid dienone is 8. The predicted molar refractivity (Wildman–Crippen MR) is 207 cm³/mol. The van der Waals surface area contributed by atoms with Crippen molar-refractivity contribution in [3.63, 3.8) is 0 Å². The average Bonchev–Trinajstić information content (AvgIpc) is 3.02. The van der Waals surface area contributed by atoms with E-state index in [9.17, 15) is 30.0 Å². The molecule has 290 valence electrons. The minimum Gasteiger partial charge on any atom is -0.462 e. The number of carbonyl (C=O) groups excluding carboxylic acids is 2. The first-order valence-corrected chi connectivity index (χ1v) is 19.1. The lowest BCUT2D eigenvalue weighted by atomic mass is 9.89. The summed E-state index contributed by atoms with van der Waals surface area (Å²) in [6, 6.07) is 0. The van der Waals surface area contributed by atoms with E-state index in [4.69, 9.17) is 9.47 Å². The van der Waals surface area contributed by atoms with E-state index in [2.05, 4.69) is 26.8 Å². The van der Waals surface area contributed by atoms with E-state index in [-0.39, 0.29) is 42.4 Å². The number of aliphatic hydroxyl groups is 4. The van der Waals surface area contributed by atoms with Gasteiger partial charge in [-0.3, -0.25) is 4.79 Å². The maximum atomic E-state index is 12.9. The highest BCUT2D eigenvalue weighted by Gasteiger charge is 2.26. The maximum absolute atomic E-state index is 12.9. The highest BCUT2D eigenvalue weighted by atomic mass is 16.5. The van der Waals surface area contributed by atoms with E-state index in [0.29, 0.717) is 44.9 Å². The summed E-state index contributed by atoms with van der Waals surface area (Å²) in [6.45, 7) is 19.7. The molecule has 0 saturated carbocycles. The highest BCUT2D eigenvalue weighted by molar-refractivity contribution is 5.82. The number of hydrogen-bond donors (Lipinski definition) is 4. The lowest BCUT2D eigenvalue weighted by molar-refractivity contribution is -0.152. The van der Waals surface area contributed by atoms with Gasteiger partial charge in [0.1, 0.15) is 12.2 Å². The third-order valence-corrected chi connectivity index (χ3v) is 9.53. The third kappa shape index (κ3) is 20.7. The van der Waals surface area contributed by atoms with Gasteiger partial charge in [0.25, 0.3) is 0 Å². The number of aliphatic hydroxyl groups excluding tert-OH is 4. The molecule has 0 fully saturated rings. The molecule has 51 heavy (non-hydrogen) atoms. The van der Waals surface area contributed by atoms with Gasteiger partial charge in [0.15, 0.2) is 0 Å². The number of hydrogen-bond acceptors (Lipinski definition) is 8. The molecule has 8 nitrogen and oxygen atoms in total. The van der Waals surface area contributed by atoms with Crippen molar-refractivity contribution in [2.45, 2.75) is 170 Å². The SMILES string of the molecule is CC[C@H](O)C[C@H](O)C/C=C(C)/C=C(C)/C=C(C)\C=C\C(=O)OC1CCCC(=O)O[C@@H]([C@@H](C)C/C(C)=C/[C@@H](C)[C@H](O)C[C@@H](C)O)C/C=C(\C)C[C@@H]1C. The molecule has 0 saturated heterocycles. The van der Waals surface area contributed by atoms with Crippen LogP contribution in [0.1, 0.15) is 133 Å². The largest absolute Gasteiger partial charge is 0.462 e. The zero-order valence-corrected chi connectivity index (χ0v) is 33.2. The van der Waals surface area contributed by atoms with Crippen molar-refractivity contribution in [1.29, 1.82) is 0 Å². The number of rotatable bonds is 17. The van der Waals surface area contributed by atoms with Crippen molar-refractivity contribution >= 4 is 11.9 Å². The lowest BCUT2D eigenvalue weighted by Gasteiger charge is -2.27. The zero-order chi connectivity index (χ0) is 38.7. The van der Waals surface area contributed by atoms with Gasteiger partial charge in [-0.25, -0.2) is 4.79 Å². The van der Waals surface area contributed by atoms with E-state index < -0.39 is 30.4 Å². The highest BCUT2D eigenvalue weighted by Crippen LogP contribution is 2.27. The first-order valence-electron chi connectivity index (χ1n) is 19.1. The van der Waals surface area contributed by atoms with Gasteiger partial charge in [-0.2, -0.15) is 0 Å². The number of esters is 2. The van der Waals surface area contributed by atoms with Gasteiger partial charge in [0.2, 0.25) is 0 Å². The van der Waals surface area contributed by atoms with E-state index >= 15 is 0 Å². The van der Waals surface area contributed by atoms with Gasteiger partial charge in [-0.1, -0.05) is 92.0 Å². The molecule has 0 aromatic rings. The van der Waals surface area contributed by atoms with Crippen molar-refractivity contribution < 1.29 is 39.5 Å². The molecule has 9 atom stereocenters. The first-order chi connectivity index (χ1) is 23.9. The minimum absolute atomic E-state index is 0.0741. The molecule has 0 spiro atoms. The Kier molecular flexibility index (Phi) is 22.2. The van der Waals surface area contributed by atoms with Crippen LogP contribution in [0.2, 0.25) is 0 Å². The molecule has 0 radical (unpaired) electrons. The Hall–Kier alpha value is -2.78. The van der Waals surface area contributed by atoms with Crippen molar-refractivity contribution in [1.82, 2.24) is 0 Å². The third-order valence-electron chi connectivity index (χ3n) is 9.53. The fourth-order valence-corrected chi connectivity index (χ4v) is 6.56. The van der Waals surface area contributed by atoms with Crippen molar-refractivity contribution in [2.24, 2.45) is 17.8 Å². The van der Waals surface area contributed by atoms with Crippen LogP contribution in [0.15, 0.2) is 70.4 Å². The molecular formula is C43H70O8. The molecule has 1 rings (SSSR count). The Morgan fingerprint density at radius 2 is 1.65 bits per heavy atom. The van der Waals surface area contributed by atoms with E-state index in [1.54, 1.807) is 13.0 Å². The molecule has 0 aromatic carbocycles. The standard InChI is InChI=1S/C43H70O8/c1-11-37(45)27-38(46)18-15-28(2)21-31(5)22-29(3)17-20-43(49)50-40-13-12-14-42(48)51-41(19-16-30(4)23-34(40)8)35(9)25-32(6)24-33(7)39(47)26-36(10)44/h15-17,20-22,24,33-41,44-47H,11-14,18-19,23,25-27H2,1-10H3/b20-17+,28-15+,29-22-,30-16+,31-21+,32-24+/t33-,34+,35+,36-,37+,38-,39-,40?,41-/m1/s1. The van der Waals surface area contributed by atoms with Crippen LogP contribution in [0, 0.1) is 17.8 Å². The Morgan fingerprint density at radius 1 is 0.980 bits per heavy atom. The Balaban J connectivity index is 2.87. The molecule has 0 amide bonds. The topological polar surface area (TPSA) is 134 Å². The summed E-state index contributed by atoms with van der Waals surface area (Å²) in [5, 5.41) is 39.8. The normalized spacial score (nSPS) is 25.4. The maximum Gasteiger partial charge on any atom is 0.331 e. The van der Waals surface area contributed by atoms with Crippen LogP contribution in [0.4, 0.5) is 0 Å². The van der Waals surface area contributed by atoms with Crippen molar-refractivity contribution in [3.8, 4) is 0 Å². The quantitative estimate of drug-likeness (QED) is 0.0511. The molecular weight excluding hydrogens is 644 g/mol. The van der Waals surface area contributed by atoms with Gasteiger partial charge < -0.3 is 29.9 Å². The number of carbonyl (C=O) groups is 2. The summed E-state index contributed by atoms with van der Waals surface area (Å²) < 4.78 is 11.9. The second-order valence-electron chi connectivity index (χ2n) is 15.3. The molecule has 1 heterocycles. The summed E-state index contributed by atoms with van der Waals surface area (Å²) >= 11 is 0. The summed E-state index contributed by atoms with van der Waals surface area (Å²) in [5.74, 6) is -0.597. The number of cyclic esters (lactones) is 1. The molecule has 1 aliphatic rings. The summed E-state index contributed by atoms with van der Waals surface area (Å²) in [6.07, 6.45) is 15.8. The van der Waals surface area contributed by atoms with Crippen LogP contribution in [0.5, 0.6) is 0 Å². The molecule has 0 aromatic heterocycles. The van der Waals surface area contributed by atoms with E-state index in [1.807, 2.05) is 65.8 Å². The van der Waals surface area contributed by atoms with E-state index in [1.165, 1.54) is 6.08 Å². The van der Waals surface area contributed by atoms with Crippen molar-refractivity contribution in [3.05, 3.63) is 70.4 Å². The van der Waals surface area contributed by atoms with Gasteiger partial charge in [0, 0.05) is 24.8 Å². The van der Waals surface area contributed by atoms with Crippen LogP contribution >= 0.6 is 0 Å². The van der Waals surface area contributed by atoms with Gasteiger partial charge >= 0.3 is 11.9 Å².